The number of carbonyl (C=O) groups excluding carboxylic acids is 1. The number of rotatable bonds is 10. The SMILES string of the molecule is C.CCN1C=CN(CCOC(=O)C(F)(F)C(F)(F)C(F)(F)C(F)(F)C(F)(F)C(F)F)C1. The summed E-state index contributed by atoms with van der Waals surface area (Å²) in [6.07, 6.45) is -2.73. The average Bonchev–Trinajstić information content (AvgIpc) is 3.08. The number of alkyl halides is 12. The zero-order valence-electron chi connectivity index (χ0n) is 14.8. The fourth-order valence-electron chi connectivity index (χ4n) is 2.08. The summed E-state index contributed by atoms with van der Waals surface area (Å²) in [6, 6.07) is 0. The smallest absolute Gasteiger partial charge is 0.410 e. The first-order valence-corrected chi connectivity index (χ1v) is 7.88. The van der Waals surface area contributed by atoms with Crippen molar-refractivity contribution in [2.45, 2.75) is 50.4 Å². The summed E-state index contributed by atoms with van der Waals surface area (Å²) in [5.74, 6) is -40.2. The molecule has 0 amide bonds. The predicted molar refractivity (Wildman–Crippen MR) is 81.5 cm³/mol. The van der Waals surface area contributed by atoms with E-state index in [1.807, 2.05) is 0 Å². The van der Waals surface area contributed by atoms with Gasteiger partial charge in [0.1, 0.15) is 6.61 Å². The molecule has 0 atom stereocenters. The summed E-state index contributed by atoms with van der Waals surface area (Å²) in [4.78, 5) is 14.1. The highest BCUT2D eigenvalue weighted by atomic mass is 19.4. The van der Waals surface area contributed by atoms with Crippen molar-refractivity contribution in [1.29, 1.82) is 0 Å². The third-order valence-corrected chi connectivity index (χ3v) is 4.00. The molecular weight excluding hydrogens is 468 g/mol. The standard InChI is InChI=1S/C14H14F12N2O2.CH4/c1-2-27-3-4-28(7-27)5-6-30-9(29)11(19,20)13(23,24)14(25,26)12(21,22)10(17,18)8(15)16;/h3-4,8H,2,5-7H2,1H3;1H4. The van der Waals surface area contributed by atoms with Crippen LogP contribution >= 0.6 is 0 Å². The molecule has 1 aliphatic heterocycles. The monoisotopic (exact) mass is 486 g/mol. The van der Waals surface area contributed by atoms with E-state index in [1.165, 1.54) is 17.3 Å². The second kappa shape index (κ2) is 9.22. The number of nitrogens with zero attached hydrogens (tertiary/aromatic N) is 2. The van der Waals surface area contributed by atoms with Gasteiger partial charge in [0.15, 0.2) is 0 Å². The van der Waals surface area contributed by atoms with Gasteiger partial charge in [0.25, 0.3) is 0 Å². The van der Waals surface area contributed by atoms with Crippen LogP contribution < -0.4 is 0 Å². The van der Waals surface area contributed by atoms with E-state index in [-0.39, 0.29) is 14.1 Å². The van der Waals surface area contributed by atoms with Gasteiger partial charge in [0, 0.05) is 18.9 Å². The lowest BCUT2D eigenvalue weighted by Gasteiger charge is -2.38. The second-order valence-corrected chi connectivity index (χ2v) is 6.01. The zero-order chi connectivity index (χ0) is 23.8. The van der Waals surface area contributed by atoms with Gasteiger partial charge in [-0.1, -0.05) is 7.43 Å². The average molecular weight is 486 g/mol. The summed E-state index contributed by atoms with van der Waals surface area (Å²) >= 11 is 0. The number of hydrogen-bond donors (Lipinski definition) is 0. The van der Waals surface area contributed by atoms with Crippen molar-refractivity contribution in [1.82, 2.24) is 9.80 Å². The van der Waals surface area contributed by atoms with Crippen LogP contribution in [0.2, 0.25) is 0 Å². The van der Waals surface area contributed by atoms with Crippen molar-refractivity contribution in [3.8, 4) is 0 Å². The van der Waals surface area contributed by atoms with Crippen LogP contribution in [0.3, 0.4) is 0 Å². The molecular formula is C15H18F12N2O2. The van der Waals surface area contributed by atoms with Crippen molar-refractivity contribution in [2.75, 3.05) is 26.4 Å². The first kappa shape index (κ1) is 29.0. The van der Waals surface area contributed by atoms with E-state index < -0.39 is 55.2 Å². The summed E-state index contributed by atoms with van der Waals surface area (Å²) in [5, 5.41) is 0. The molecule has 1 rings (SSSR count). The molecule has 0 bridgehead atoms. The van der Waals surface area contributed by atoms with Crippen molar-refractivity contribution in [2.24, 2.45) is 0 Å². The minimum absolute atomic E-state index is 0. The zero-order valence-corrected chi connectivity index (χ0v) is 14.8. The number of ether oxygens (including phenoxy) is 1. The van der Waals surface area contributed by atoms with Gasteiger partial charge in [-0.05, 0) is 6.92 Å². The number of halogens is 12. The quantitative estimate of drug-likeness (QED) is 0.332. The van der Waals surface area contributed by atoms with Crippen molar-refractivity contribution >= 4 is 5.97 Å². The number of hydrogen-bond acceptors (Lipinski definition) is 4. The molecule has 184 valence electrons. The summed E-state index contributed by atoms with van der Waals surface area (Å²) < 4.78 is 160. The van der Waals surface area contributed by atoms with Crippen molar-refractivity contribution in [3.63, 3.8) is 0 Å². The fraction of sp³-hybridized carbons (Fsp3) is 0.800. The Hall–Kier alpha value is -2.03. The lowest BCUT2D eigenvalue weighted by molar-refractivity contribution is -0.408. The maximum absolute atomic E-state index is 13.5. The Balaban J connectivity index is 0.00000900. The lowest BCUT2D eigenvalue weighted by Crippen LogP contribution is -2.70. The Morgan fingerprint density at radius 3 is 1.81 bits per heavy atom. The summed E-state index contributed by atoms with van der Waals surface area (Å²) in [7, 11) is 0. The molecule has 0 radical (unpaired) electrons. The molecule has 0 unspecified atom stereocenters. The molecule has 0 aromatic rings. The Morgan fingerprint density at radius 1 is 0.903 bits per heavy atom. The van der Waals surface area contributed by atoms with E-state index in [2.05, 4.69) is 4.74 Å². The lowest BCUT2D eigenvalue weighted by atomic mass is 9.94. The molecule has 0 aromatic heterocycles. The molecule has 0 N–H and O–H groups in total. The number of esters is 1. The highest BCUT2D eigenvalue weighted by Crippen LogP contribution is 2.58. The Kier molecular flexibility index (Phi) is 8.62. The molecule has 4 nitrogen and oxygen atoms in total. The van der Waals surface area contributed by atoms with E-state index >= 15 is 0 Å². The van der Waals surface area contributed by atoms with Crippen molar-refractivity contribution < 1.29 is 62.2 Å². The minimum atomic E-state index is -7.76. The van der Waals surface area contributed by atoms with E-state index in [9.17, 15) is 57.5 Å². The third kappa shape index (κ3) is 4.76. The van der Waals surface area contributed by atoms with Gasteiger partial charge in [-0.3, -0.25) is 0 Å². The molecule has 0 saturated heterocycles. The van der Waals surface area contributed by atoms with E-state index in [0.717, 1.165) is 0 Å². The highest BCUT2D eigenvalue weighted by Gasteiger charge is 2.89. The Bertz CT molecular complexity index is 654. The minimum Gasteiger partial charge on any atom is -0.459 e. The Labute approximate surface area is 168 Å². The van der Waals surface area contributed by atoms with E-state index in [0.29, 0.717) is 6.54 Å². The highest BCUT2D eigenvalue weighted by molar-refractivity contribution is 5.79. The largest absolute Gasteiger partial charge is 0.459 e. The van der Waals surface area contributed by atoms with Gasteiger partial charge in [-0.2, -0.15) is 43.9 Å². The molecule has 0 spiro atoms. The van der Waals surface area contributed by atoms with Crippen LogP contribution in [0.4, 0.5) is 52.7 Å². The fourth-order valence-corrected chi connectivity index (χ4v) is 2.08. The predicted octanol–water partition coefficient (Wildman–Crippen LogP) is 4.67. The van der Waals surface area contributed by atoms with Gasteiger partial charge in [-0.15, -0.1) is 0 Å². The summed E-state index contributed by atoms with van der Waals surface area (Å²) in [5.41, 5.74) is 0. The molecule has 1 heterocycles. The van der Waals surface area contributed by atoms with Gasteiger partial charge in [0.05, 0.1) is 13.2 Å². The topological polar surface area (TPSA) is 32.8 Å². The molecule has 0 aromatic carbocycles. The molecule has 0 saturated carbocycles. The van der Waals surface area contributed by atoms with Crippen LogP contribution in [-0.4, -0.2) is 78.2 Å². The Morgan fingerprint density at radius 2 is 1.39 bits per heavy atom. The van der Waals surface area contributed by atoms with Crippen LogP contribution in [-0.2, 0) is 9.53 Å². The van der Waals surface area contributed by atoms with Crippen molar-refractivity contribution in [3.05, 3.63) is 12.4 Å². The molecule has 1 aliphatic rings. The van der Waals surface area contributed by atoms with Gasteiger partial charge in [0.2, 0.25) is 0 Å². The van der Waals surface area contributed by atoms with Gasteiger partial charge >= 0.3 is 42.0 Å². The van der Waals surface area contributed by atoms with Crippen LogP contribution in [0.1, 0.15) is 14.4 Å². The molecule has 0 fully saturated rings. The number of carbonyl (C=O) groups is 1. The molecule has 31 heavy (non-hydrogen) atoms. The molecule has 0 aliphatic carbocycles. The first-order chi connectivity index (χ1) is 13.4. The maximum Gasteiger partial charge on any atom is 0.410 e. The van der Waals surface area contributed by atoms with Crippen LogP contribution in [0.15, 0.2) is 12.4 Å². The van der Waals surface area contributed by atoms with E-state index in [1.54, 1.807) is 11.8 Å². The van der Waals surface area contributed by atoms with E-state index in [4.69, 9.17) is 0 Å². The summed E-state index contributed by atoms with van der Waals surface area (Å²) in [6.45, 7) is 0.888. The molecule has 16 heteroatoms. The van der Waals surface area contributed by atoms with Crippen LogP contribution in [0.25, 0.3) is 0 Å². The second-order valence-electron chi connectivity index (χ2n) is 6.01. The maximum atomic E-state index is 13.5. The van der Waals surface area contributed by atoms with Crippen LogP contribution in [0.5, 0.6) is 0 Å². The first-order valence-electron chi connectivity index (χ1n) is 7.88. The van der Waals surface area contributed by atoms with Gasteiger partial charge < -0.3 is 14.5 Å². The van der Waals surface area contributed by atoms with Crippen LogP contribution in [0, 0.1) is 0 Å². The van der Waals surface area contributed by atoms with Gasteiger partial charge in [-0.25, -0.2) is 13.6 Å². The normalized spacial score (nSPS) is 16.1. The third-order valence-electron chi connectivity index (χ3n) is 4.00.